The van der Waals surface area contributed by atoms with Crippen molar-refractivity contribution in [2.24, 2.45) is 11.8 Å². The van der Waals surface area contributed by atoms with Crippen molar-refractivity contribution in [3.63, 3.8) is 0 Å². The Kier molecular flexibility index (Phi) is 12.6. The number of imidazole rings is 2. The number of nitrogens with one attached hydrogen (secondary N) is 4. The van der Waals surface area contributed by atoms with Gasteiger partial charge in [0.1, 0.15) is 23.7 Å². The van der Waals surface area contributed by atoms with Crippen LogP contribution in [0.5, 0.6) is 0 Å². The number of aromatic nitrogens is 4. The first-order valence-corrected chi connectivity index (χ1v) is 24.6. The summed E-state index contributed by atoms with van der Waals surface area (Å²) in [6.45, 7) is 1.25. The Morgan fingerprint density at radius 2 is 1.02 bits per heavy atom. The predicted molar refractivity (Wildman–Crippen MR) is 249 cm³/mol. The summed E-state index contributed by atoms with van der Waals surface area (Å²) in [6, 6.07) is 12.2. The fourth-order valence-corrected chi connectivity index (χ4v) is 12.7. The molecular weight excluding hydrogens is 835 g/mol. The van der Waals surface area contributed by atoms with Crippen molar-refractivity contribution < 1.29 is 28.7 Å². The molecule has 4 aromatic rings. The van der Waals surface area contributed by atoms with E-state index < -0.39 is 24.3 Å². The second-order valence-electron chi connectivity index (χ2n) is 19.6. The van der Waals surface area contributed by atoms with E-state index >= 15 is 0 Å². The van der Waals surface area contributed by atoms with Crippen LogP contribution in [-0.4, -0.2) is 105 Å². The second-order valence-corrected chi connectivity index (χ2v) is 19.6. The first-order valence-electron chi connectivity index (χ1n) is 24.6. The number of benzene rings is 2. The highest BCUT2D eigenvalue weighted by molar-refractivity contribution is 5.87. The topological polar surface area (TPSA) is 178 Å². The van der Waals surface area contributed by atoms with E-state index in [1.165, 1.54) is 30.9 Å². The molecule has 3 saturated heterocycles. The molecule has 2 aromatic heterocycles. The van der Waals surface area contributed by atoms with Crippen LogP contribution in [0.4, 0.5) is 9.59 Å². The maximum atomic E-state index is 14.3. The average Bonchev–Trinajstić information content (AvgIpc) is 4.24. The molecule has 2 aromatic carbocycles. The first kappa shape index (κ1) is 44.2. The molecule has 0 radical (unpaired) electrons. The summed E-state index contributed by atoms with van der Waals surface area (Å²) in [6.07, 6.45) is 18.5. The van der Waals surface area contributed by atoms with Gasteiger partial charge in [-0.1, -0.05) is 74.9 Å². The second kappa shape index (κ2) is 18.9. The van der Waals surface area contributed by atoms with Crippen LogP contribution in [0, 0.1) is 11.8 Å². The zero-order valence-electron chi connectivity index (χ0n) is 38.7. The minimum absolute atomic E-state index is 0.0440. The normalized spacial score (nSPS) is 24.3. The van der Waals surface area contributed by atoms with Crippen molar-refractivity contribution in [2.75, 3.05) is 34.4 Å². The molecule has 2 bridgehead atoms. The number of nitrogens with zero attached hydrogens (tertiary/aromatic N) is 5. The SMILES string of the molecule is COC(=O)N[C@H](C(=O)N1CCC[C@@H]1c1ncc(-c2ccc(-c3ccc(-c4cnc([C@@H]5CCCN5C(=O)[C@@H](NC(=O)OC)C5CCCCC5)[nH]4)c4c3C3CCC4N3C)cc2)[nH]1)C1CCCCC1. The van der Waals surface area contributed by atoms with Crippen LogP contribution in [0.1, 0.15) is 150 Å². The minimum Gasteiger partial charge on any atom is -0.453 e. The molecule has 2 aliphatic carbocycles. The summed E-state index contributed by atoms with van der Waals surface area (Å²) >= 11 is 0. The van der Waals surface area contributed by atoms with Crippen LogP contribution in [0.15, 0.2) is 48.8 Å². The maximum absolute atomic E-state index is 14.3. The Hall–Kier alpha value is -5.70. The molecule has 350 valence electrons. The average molecular weight is 900 g/mol. The van der Waals surface area contributed by atoms with Gasteiger partial charge >= 0.3 is 12.2 Å². The van der Waals surface area contributed by atoms with Gasteiger partial charge in [-0.25, -0.2) is 19.6 Å². The van der Waals surface area contributed by atoms with Crippen LogP contribution in [0.3, 0.4) is 0 Å². The molecule has 6 aliphatic rings. The molecule has 15 nitrogen and oxygen atoms in total. The largest absolute Gasteiger partial charge is 0.453 e. The quantitative estimate of drug-likeness (QED) is 0.114. The number of carbonyl (C=O) groups is 4. The fourth-order valence-electron chi connectivity index (χ4n) is 12.7. The molecule has 6 atom stereocenters. The van der Waals surface area contributed by atoms with Gasteiger partial charge in [0.05, 0.1) is 50.1 Å². The van der Waals surface area contributed by atoms with E-state index in [0.29, 0.717) is 25.2 Å². The highest BCUT2D eigenvalue weighted by Gasteiger charge is 2.46. The van der Waals surface area contributed by atoms with Gasteiger partial charge in [-0.15, -0.1) is 0 Å². The van der Waals surface area contributed by atoms with Crippen LogP contribution < -0.4 is 10.6 Å². The zero-order valence-corrected chi connectivity index (χ0v) is 38.7. The van der Waals surface area contributed by atoms with E-state index in [-0.39, 0.29) is 35.7 Å². The lowest BCUT2D eigenvalue weighted by Crippen LogP contribution is -2.52. The smallest absolute Gasteiger partial charge is 0.407 e. The van der Waals surface area contributed by atoms with Crippen molar-refractivity contribution >= 4 is 24.0 Å². The number of methoxy groups -OCH3 is 2. The van der Waals surface area contributed by atoms with Gasteiger partial charge in [0, 0.05) is 30.7 Å². The number of fused-ring (bicyclic) bond motifs is 5. The van der Waals surface area contributed by atoms with Crippen molar-refractivity contribution in [1.82, 2.24) is 45.3 Å². The summed E-state index contributed by atoms with van der Waals surface area (Å²) in [7, 11) is 4.93. The number of rotatable bonds is 11. The molecule has 2 saturated carbocycles. The first-order chi connectivity index (χ1) is 32.2. The van der Waals surface area contributed by atoms with Gasteiger partial charge in [-0.2, -0.15) is 0 Å². The Labute approximate surface area is 387 Å². The van der Waals surface area contributed by atoms with Gasteiger partial charge in [0.15, 0.2) is 0 Å². The number of alkyl carbamates (subject to hydrolysis) is 2. The van der Waals surface area contributed by atoms with Crippen LogP contribution in [-0.2, 0) is 19.1 Å². The molecule has 0 spiro atoms. The van der Waals surface area contributed by atoms with Crippen LogP contribution >= 0.6 is 0 Å². The van der Waals surface area contributed by atoms with Crippen LogP contribution in [0.2, 0.25) is 0 Å². The molecule has 4 aliphatic heterocycles. The van der Waals surface area contributed by atoms with Crippen molar-refractivity contribution in [3.05, 3.63) is 71.6 Å². The van der Waals surface area contributed by atoms with E-state index in [1.54, 1.807) is 0 Å². The molecule has 15 heteroatoms. The molecule has 5 fully saturated rings. The minimum atomic E-state index is -0.608. The van der Waals surface area contributed by atoms with Crippen molar-refractivity contribution in [1.29, 1.82) is 0 Å². The standard InChI is InChI=1S/C51H65N9O6/c1-58-38-24-25-39(58)43-35(37-29-53-47(55-37)41-17-11-27-60(41)49(62)45(57-51(64)66-3)33-14-8-5-9-15-33)23-22-34(42(38)43)30-18-20-31(21-19-30)36-28-52-46(54-36)40-16-10-26-59(40)48(61)44(56-50(63)65-2)32-12-6-4-7-13-32/h18-23,28-29,32-33,38-41,44-45H,4-17,24-27H2,1-3H3,(H,52,54)(H,53,55)(H,56,63)(H,57,64)/t38?,39?,40-,41+,44+,45+/m1/s1. The molecule has 10 rings (SSSR count). The van der Waals surface area contributed by atoms with Gasteiger partial charge < -0.3 is 39.9 Å². The molecular formula is C51H65N9O6. The maximum Gasteiger partial charge on any atom is 0.407 e. The Balaban J connectivity index is 0.876. The van der Waals surface area contributed by atoms with Crippen LogP contribution in [0.25, 0.3) is 33.6 Å². The number of aromatic amines is 2. The lowest BCUT2D eigenvalue weighted by molar-refractivity contribution is -0.136. The molecule has 66 heavy (non-hydrogen) atoms. The van der Waals surface area contributed by atoms with E-state index in [9.17, 15) is 19.2 Å². The zero-order chi connectivity index (χ0) is 45.5. The summed E-state index contributed by atoms with van der Waals surface area (Å²) < 4.78 is 9.90. The Bertz CT molecular complexity index is 2420. The number of hydrogen-bond donors (Lipinski definition) is 4. The van der Waals surface area contributed by atoms with Crippen molar-refractivity contribution in [2.45, 2.75) is 139 Å². The summed E-state index contributed by atoms with van der Waals surface area (Å²) in [4.78, 5) is 76.6. The summed E-state index contributed by atoms with van der Waals surface area (Å²) in [5, 5.41) is 5.80. The van der Waals surface area contributed by atoms with Gasteiger partial charge in [-0.3, -0.25) is 14.5 Å². The third-order valence-electron chi connectivity index (χ3n) is 16.0. The predicted octanol–water partition coefficient (Wildman–Crippen LogP) is 8.89. The number of likely N-dealkylation sites (tertiary alicyclic amines) is 2. The Morgan fingerprint density at radius 1 is 0.561 bits per heavy atom. The van der Waals surface area contributed by atoms with E-state index in [1.807, 2.05) is 22.2 Å². The summed E-state index contributed by atoms with van der Waals surface area (Å²) in [5.41, 5.74) is 9.14. The van der Waals surface area contributed by atoms with Crippen molar-refractivity contribution in [3.8, 4) is 33.6 Å². The fraction of sp³-hybridized carbons (Fsp3) is 0.569. The van der Waals surface area contributed by atoms with Gasteiger partial charge in [-0.05, 0) is 111 Å². The monoisotopic (exact) mass is 900 g/mol. The molecule has 4 N–H and O–H groups in total. The molecule has 4 amide bonds. The Morgan fingerprint density at radius 3 is 1.53 bits per heavy atom. The third-order valence-corrected chi connectivity index (χ3v) is 16.0. The van der Waals surface area contributed by atoms with E-state index in [2.05, 4.69) is 68.9 Å². The number of ether oxygens (including phenoxy) is 2. The number of hydrogen-bond acceptors (Lipinski definition) is 9. The molecule has 6 heterocycles. The lowest BCUT2D eigenvalue weighted by Gasteiger charge is -2.34. The van der Waals surface area contributed by atoms with Gasteiger partial charge in [0.25, 0.3) is 0 Å². The number of H-pyrrole nitrogens is 2. The highest BCUT2D eigenvalue weighted by atomic mass is 16.5. The molecule has 2 unspecified atom stereocenters. The van der Waals surface area contributed by atoms with Gasteiger partial charge in [0.2, 0.25) is 11.8 Å². The lowest BCUT2D eigenvalue weighted by atomic mass is 9.82. The third kappa shape index (κ3) is 8.25. The number of amides is 4. The number of carbonyl (C=O) groups excluding carboxylic acids is 4. The highest BCUT2D eigenvalue weighted by Crippen LogP contribution is 2.57. The van der Waals surface area contributed by atoms with E-state index in [4.69, 9.17) is 19.4 Å². The van der Waals surface area contributed by atoms with E-state index in [0.717, 1.165) is 142 Å². The summed E-state index contributed by atoms with van der Waals surface area (Å²) in [5.74, 6) is 1.65.